The van der Waals surface area contributed by atoms with Crippen molar-refractivity contribution < 1.29 is 9.59 Å². The number of carbonyl (C=O) groups excluding carboxylic acids is 2. The summed E-state index contributed by atoms with van der Waals surface area (Å²) in [6.45, 7) is 0.207. The molecule has 23 heavy (non-hydrogen) atoms. The first-order chi connectivity index (χ1) is 11.0. The van der Waals surface area contributed by atoms with Gasteiger partial charge in [0.2, 0.25) is 5.91 Å². The van der Waals surface area contributed by atoms with Gasteiger partial charge in [0.05, 0.1) is 10.7 Å². The zero-order chi connectivity index (χ0) is 16.8. The van der Waals surface area contributed by atoms with E-state index in [9.17, 15) is 9.59 Å². The average molecular weight is 372 g/mol. The molecule has 2 N–H and O–H groups in total. The van der Waals surface area contributed by atoms with Gasteiger partial charge in [-0.2, -0.15) is 0 Å². The highest BCUT2D eigenvalue weighted by Gasteiger charge is 2.08. The van der Waals surface area contributed by atoms with Crippen molar-refractivity contribution in [3.05, 3.63) is 63.1 Å². The van der Waals surface area contributed by atoms with E-state index in [1.54, 1.807) is 42.5 Å². The summed E-state index contributed by atoms with van der Waals surface area (Å²) < 4.78 is 0. The van der Waals surface area contributed by atoms with Gasteiger partial charge in [-0.1, -0.05) is 34.8 Å². The fraction of sp³-hybridized carbons (Fsp3) is 0.125. The van der Waals surface area contributed by atoms with Crippen LogP contribution in [0.5, 0.6) is 0 Å². The second-order valence-corrected chi connectivity index (χ2v) is 5.97. The SMILES string of the molecule is O=C(CCNC(=O)c1ccc(Cl)cc1)Nc1ccc(Cl)cc1Cl. The molecular formula is C16H13Cl3N2O2. The summed E-state index contributed by atoms with van der Waals surface area (Å²) in [5.41, 5.74) is 0.959. The second kappa shape index (κ2) is 8.20. The molecule has 0 spiro atoms. The first-order valence-corrected chi connectivity index (χ1v) is 7.88. The normalized spacial score (nSPS) is 10.2. The third kappa shape index (κ3) is 5.43. The van der Waals surface area contributed by atoms with E-state index in [2.05, 4.69) is 10.6 Å². The third-order valence-electron chi connectivity index (χ3n) is 2.95. The number of anilines is 1. The van der Waals surface area contributed by atoms with Crippen molar-refractivity contribution in [1.82, 2.24) is 5.32 Å². The highest BCUT2D eigenvalue weighted by Crippen LogP contribution is 2.25. The fourth-order valence-electron chi connectivity index (χ4n) is 1.80. The standard InChI is InChI=1S/C16H13Cl3N2O2/c17-11-3-1-10(2-4-11)16(23)20-8-7-15(22)21-14-6-5-12(18)9-13(14)19/h1-6,9H,7-8H2,(H,20,23)(H,21,22). The van der Waals surface area contributed by atoms with Gasteiger partial charge >= 0.3 is 0 Å². The molecule has 0 unspecified atom stereocenters. The van der Waals surface area contributed by atoms with Crippen molar-refractivity contribution in [3.8, 4) is 0 Å². The average Bonchev–Trinajstić information content (AvgIpc) is 2.50. The summed E-state index contributed by atoms with van der Waals surface area (Å²) in [5, 5.41) is 6.72. The van der Waals surface area contributed by atoms with E-state index in [1.807, 2.05) is 0 Å². The van der Waals surface area contributed by atoms with Crippen LogP contribution in [0.15, 0.2) is 42.5 Å². The zero-order valence-corrected chi connectivity index (χ0v) is 14.2. The molecule has 2 aromatic rings. The maximum absolute atomic E-state index is 11.9. The highest BCUT2D eigenvalue weighted by atomic mass is 35.5. The number of halogens is 3. The lowest BCUT2D eigenvalue weighted by Crippen LogP contribution is -2.27. The van der Waals surface area contributed by atoms with Gasteiger partial charge in [-0.25, -0.2) is 0 Å². The van der Waals surface area contributed by atoms with Crippen molar-refractivity contribution in [3.63, 3.8) is 0 Å². The van der Waals surface area contributed by atoms with E-state index < -0.39 is 0 Å². The molecule has 0 radical (unpaired) electrons. The molecule has 2 amide bonds. The second-order valence-electron chi connectivity index (χ2n) is 4.69. The minimum absolute atomic E-state index is 0.123. The van der Waals surface area contributed by atoms with Gasteiger partial charge in [0.15, 0.2) is 0 Å². The van der Waals surface area contributed by atoms with Crippen LogP contribution in [0, 0.1) is 0 Å². The monoisotopic (exact) mass is 370 g/mol. The van der Waals surface area contributed by atoms with Crippen LogP contribution in [0.2, 0.25) is 15.1 Å². The molecule has 0 saturated heterocycles. The molecule has 7 heteroatoms. The Kier molecular flexibility index (Phi) is 6.28. The van der Waals surface area contributed by atoms with Crippen LogP contribution < -0.4 is 10.6 Å². The van der Waals surface area contributed by atoms with Crippen molar-refractivity contribution in [2.75, 3.05) is 11.9 Å². The first-order valence-electron chi connectivity index (χ1n) is 6.74. The van der Waals surface area contributed by atoms with E-state index in [-0.39, 0.29) is 24.8 Å². The lowest BCUT2D eigenvalue weighted by atomic mass is 10.2. The first kappa shape index (κ1) is 17.6. The summed E-state index contributed by atoms with van der Waals surface area (Å²) in [6.07, 6.45) is 0.123. The topological polar surface area (TPSA) is 58.2 Å². The van der Waals surface area contributed by atoms with Crippen molar-refractivity contribution >= 4 is 52.3 Å². The van der Waals surface area contributed by atoms with Gasteiger partial charge in [0.1, 0.15) is 0 Å². The van der Waals surface area contributed by atoms with E-state index in [1.165, 1.54) is 0 Å². The Morgan fingerprint density at radius 3 is 2.22 bits per heavy atom. The van der Waals surface area contributed by atoms with Gasteiger partial charge in [-0.3, -0.25) is 9.59 Å². The molecule has 0 bridgehead atoms. The molecule has 0 atom stereocenters. The van der Waals surface area contributed by atoms with Crippen LogP contribution in [0.25, 0.3) is 0 Å². The summed E-state index contributed by atoms with van der Waals surface area (Å²) in [5.74, 6) is -0.523. The molecule has 0 aliphatic heterocycles. The number of hydrogen-bond acceptors (Lipinski definition) is 2. The molecular weight excluding hydrogens is 359 g/mol. The third-order valence-corrected chi connectivity index (χ3v) is 3.75. The van der Waals surface area contributed by atoms with Crippen LogP contribution >= 0.6 is 34.8 Å². The van der Waals surface area contributed by atoms with Gasteiger partial charge in [0, 0.05) is 28.6 Å². The van der Waals surface area contributed by atoms with E-state index in [0.29, 0.717) is 26.3 Å². The number of nitrogens with one attached hydrogen (secondary N) is 2. The zero-order valence-electron chi connectivity index (χ0n) is 11.9. The maximum atomic E-state index is 11.9. The van der Waals surface area contributed by atoms with Gasteiger partial charge < -0.3 is 10.6 Å². The number of carbonyl (C=O) groups is 2. The van der Waals surface area contributed by atoms with Gasteiger partial charge in [-0.05, 0) is 42.5 Å². The summed E-state index contributed by atoms with van der Waals surface area (Å²) >= 11 is 17.5. The van der Waals surface area contributed by atoms with Gasteiger partial charge in [0.25, 0.3) is 5.91 Å². The number of amides is 2. The van der Waals surface area contributed by atoms with Gasteiger partial charge in [-0.15, -0.1) is 0 Å². The van der Waals surface area contributed by atoms with E-state index >= 15 is 0 Å². The molecule has 0 saturated carbocycles. The number of benzene rings is 2. The molecule has 0 aliphatic rings. The molecule has 0 aliphatic carbocycles. The molecule has 0 fully saturated rings. The minimum Gasteiger partial charge on any atom is -0.352 e. The van der Waals surface area contributed by atoms with E-state index in [4.69, 9.17) is 34.8 Å². The van der Waals surface area contributed by atoms with Crippen LogP contribution in [-0.4, -0.2) is 18.4 Å². The predicted molar refractivity (Wildman–Crippen MR) is 93.5 cm³/mol. The summed E-state index contributed by atoms with van der Waals surface area (Å²) in [6, 6.07) is 11.3. The van der Waals surface area contributed by atoms with Crippen molar-refractivity contribution in [2.45, 2.75) is 6.42 Å². The summed E-state index contributed by atoms with van der Waals surface area (Å²) in [7, 11) is 0. The molecule has 0 aromatic heterocycles. The smallest absolute Gasteiger partial charge is 0.251 e. The number of hydrogen-bond donors (Lipinski definition) is 2. The molecule has 4 nitrogen and oxygen atoms in total. The Morgan fingerprint density at radius 2 is 1.57 bits per heavy atom. The molecule has 0 heterocycles. The van der Waals surface area contributed by atoms with Crippen LogP contribution in [0.3, 0.4) is 0 Å². The quantitative estimate of drug-likeness (QED) is 0.818. The minimum atomic E-state index is -0.265. The lowest BCUT2D eigenvalue weighted by Gasteiger charge is -2.08. The number of rotatable bonds is 5. The van der Waals surface area contributed by atoms with E-state index in [0.717, 1.165) is 0 Å². The molecule has 120 valence electrons. The lowest BCUT2D eigenvalue weighted by molar-refractivity contribution is -0.116. The molecule has 2 aromatic carbocycles. The van der Waals surface area contributed by atoms with Crippen molar-refractivity contribution in [2.24, 2.45) is 0 Å². The Bertz CT molecular complexity index is 718. The highest BCUT2D eigenvalue weighted by molar-refractivity contribution is 6.36. The Labute approximate surface area is 148 Å². The van der Waals surface area contributed by atoms with Crippen LogP contribution in [0.4, 0.5) is 5.69 Å². The van der Waals surface area contributed by atoms with Crippen molar-refractivity contribution in [1.29, 1.82) is 0 Å². The largest absolute Gasteiger partial charge is 0.352 e. The summed E-state index contributed by atoms with van der Waals surface area (Å²) in [4.78, 5) is 23.7. The Morgan fingerprint density at radius 1 is 0.913 bits per heavy atom. The fourth-order valence-corrected chi connectivity index (χ4v) is 2.38. The van der Waals surface area contributed by atoms with Crippen LogP contribution in [-0.2, 0) is 4.79 Å². The maximum Gasteiger partial charge on any atom is 0.251 e. The Hall–Kier alpha value is -1.75. The van der Waals surface area contributed by atoms with Crippen LogP contribution in [0.1, 0.15) is 16.8 Å². The predicted octanol–water partition coefficient (Wildman–Crippen LogP) is 4.41. The molecule has 2 rings (SSSR count). The Balaban J connectivity index is 1.80.